The number of rotatable bonds is 4. The van der Waals surface area contributed by atoms with E-state index in [2.05, 4.69) is 37.3 Å². The fraction of sp³-hybridized carbons (Fsp3) is 0.389. The smallest absolute Gasteiger partial charge is 0.263 e. The van der Waals surface area contributed by atoms with E-state index >= 15 is 0 Å². The van der Waals surface area contributed by atoms with Crippen molar-refractivity contribution in [2.45, 2.75) is 32.9 Å². The molecule has 0 fully saturated rings. The second-order valence-electron chi connectivity index (χ2n) is 7.09. The highest BCUT2D eigenvalue weighted by Gasteiger charge is 2.24. The van der Waals surface area contributed by atoms with Crippen molar-refractivity contribution >= 4 is 23.1 Å². The number of ether oxygens (including phenoxy) is 1. The van der Waals surface area contributed by atoms with Gasteiger partial charge in [-0.3, -0.25) is 4.79 Å². The maximum Gasteiger partial charge on any atom is 0.263 e. The zero-order chi connectivity index (χ0) is 19.8. The molecule has 4 rings (SSSR count). The summed E-state index contributed by atoms with van der Waals surface area (Å²) in [6, 6.07) is 0. The number of fused-ring (bicyclic) bond motifs is 2. The highest BCUT2D eigenvalue weighted by Crippen LogP contribution is 2.25. The van der Waals surface area contributed by atoms with E-state index in [9.17, 15) is 4.79 Å². The molecule has 3 aromatic heterocycles. The molecule has 0 bridgehead atoms. The Morgan fingerprint density at radius 3 is 3.00 bits per heavy atom. The summed E-state index contributed by atoms with van der Waals surface area (Å²) in [5, 5.41) is 7.04. The van der Waals surface area contributed by atoms with Crippen LogP contribution in [0.1, 0.15) is 35.5 Å². The Bertz CT molecular complexity index is 1050. The molecule has 0 unspecified atom stereocenters. The van der Waals surface area contributed by atoms with Crippen LogP contribution >= 0.6 is 0 Å². The first-order valence-electron chi connectivity index (χ1n) is 9.05. The summed E-state index contributed by atoms with van der Waals surface area (Å²) in [5.74, 6) is -0.0260. The van der Waals surface area contributed by atoms with Crippen LogP contribution < -0.4 is 15.8 Å². The van der Waals surface area contributed by atoms with Crippen LogP contribution in [0.2, 0.25) is 0 Å². The van der Waals surface area contributed by atoms with Gasteiger partial charge in [-0.15, -0.1) is 5.10 Å². The molecule has 0 saturated carbocycles. The van der Waals surface area contributed by atoms with Crippen molar-refractivity contribution < 1.29 is 9.53 Å². The fourth-order valence-electron chi connectivity index (χ4n) is 3.20. The highest BCUT2D eigenvalue weighted by atomic mass is 16.5. The summed E-state index contributed by atoms with van der Waals surface area (Å²) >= 11 is 0. The van der Waals surface area contributed by atoms with Crippen LogP contribution in [0.25, 0.3) is 5.65 Å². The zero-order valence-electron chi connectivity index (χ0n) is 16.0. The van der Waals surface area contributed by atoms with Gasteiger partial charge in [0.2, 0.25) is 5.88 Å². The van der Waals surface area contributed by atoms with Crippen molar-refractivity contribution in [3.05, 3.63) is 35.5 Å². The molecule has 0 aromatic carbocycles. The van der Waals surface area contributed by atoms with Gasteiger partial charge in [-0.05, 0) is 20.9 Å². The van der Waals surface area contributed by atoms with Gasteiger partial charge < -0.3 is 20.7 Å². The molecular weight excluding hydrogens is 360 g/mol. The first kappa shape index (κ1) is 18.1. The minimum atomic E-state index is -0.434. The van der Waals surface area contributed by atoms with Gasteiger partial charge in [-0.25, -0.2) is 14.5 Å². The third kappa shape index (κ3) is 3.33. The van der Waals surface area contributed by atoms with E-state index in [1.807, 2.05) is 20.0 Å². The van der Waals surface area contributed by atoms with Crippen LogP contribution in [0.5, 0.6) is 5.88 Å². The first-order valence-corrected chi connectivity index (χ1v) is 9.05. The maximum atomic E-state index is 13.0. The second kappa shape index (κ2) is 7.04. The van der Waals surface area contributed by atoms with E-state index in [1.54, 1.807) is 4.52 Å². The lowest BCUT2D eigenvalue weighted by Gasteiger charge is -2.23. The van der Waals surface area contributed by atoms with Crippen LogP contribution in [-0.2, 0) is 13.0 Å². The summed E-state index contributed by atoms with van der Waals surface area (Å²) < 4.78 is 7.19. The van der Waals surface area contributed by atoms with Gasteiger partial charge in [-0.1, -0.05) is 0 Å². The Morgan fingerprint density at radius 2 is 2.21 bits per heavy atom. The molecule has 3 aromatic rings. The number of hydrogen-bond donors (Lipinski definition) is 2. The first-order chi connectivity index (χ1) is 13.4. The summed E-state index contributed by atoms with van der Waals surface area (Å²) in [6.07, 6.45) is 5.45. The number of nitrogens with two attached hydrogens (primary N) is 1. The number of nitrogens with one attached hydrogen (secondary N) is 1. The fourth-order valence-corrected chi connectivity index (χ4v) is 3.20. The van der Waals surface area contributed by atoms with Crippen molar-refractivity contribution in [3.63, 3.8) is 0 Å². The van der Waals surface area contributed by atoms with Gasteiger partial charge in [0.15, 0.2) is 11.5 Å². The molecule has 0 aliphatic carbocycles. The Labute approximate surface area is 161 Å². The third-order valence-corrected chi connectivity index (χ3v) is 4.47. The minimum absolute atomic E-state index is 0.0982. The minimum Gasteiger partial charge on any atom is -0.473 e. The number of nitrogen functional groups attached to an aromatic ring is 1. The molecule has 146 valence electrons. The van der Waals surface area contributed by atoms with E-state index in [4.69, 9.17) is 10.5 Å². The summed E-state index contributed by atoms with van der Waals surface area (Å²) in [6.45, 7) is 5.46. The molecule has 0 saturated heterocycles. The maximum absolute atomic E-state index is 13.0. The van der Waals surface area contributed by atoms with Gasteiger partial charge in [0.1, 0.15) is 17.6 Å². The van der Waals surface area contributed by atoms with Crippen molar-refractivity contribution in [2.75, 3.05) is 24.6 Å². The van der Waals surface area contributed by atoms with Crippen molar-refractivity contribution in [3.8, 4) is 5.88 Å². The van der Waals surface area contributed by atoms with Gasteiger partial charge in [0, 0.05) is 31.3 Å². The van der Waals surface area contributed by atoms with Crippen LogP contribution in [-0.4, -0.2) is 55.1 Å². The van der Waals surface area contributed by atoms with E-state index in [-0.39, 0.29) is 17.5 Å². The molecule has 1 amide bonds. The molecule has 4 heterocycles. The number of hydrogen-bond acceptors (Lipinski definition) is 8. The average Bonchev–Trinajstić information content (AvgIpc) is 2.95. The van der Waals surface area contributed by atoms with E-state index in [1.165, 1.54) is 12.5 Å². The number of anilines is 2. The van der Waals surface area contributed by atoms with Crippen molar-refractivity contribution in [1.82, 2.24) is 29.5 Å². The SMILES string of the molecule is CC(C)Oc1ncncc1NC(=O)c1c(N)nn2cc3c(nc12)CCN(C)C3. The van der Waals surface area contributed by atoms with E-state index in [0.29, 0.717) is 17.2 Å². The Kier molecular flexibility index (Phi) is 4.55. The molecular formula is C18H22N8O2. The Hall–Kier alpha value is -3.27. The highest BCUT2D eigenvalue weighted by molar-refractivity contribution is 6.11. The number of amides is 1. The third-order valence-electron chi connectivity index (χ3n) is 4.47. The number of carbonyl (C=O) groups excluding carboxylic acids is 1. The van der Waals surface area contributed by atoms with Gasteiger partial charge in [0.25, 0.3) is 5.91 Å². The molecule has 0 spiro atoms. The van der Waals surface area contributed by atoms with Crippen LogP contribution in [0, 0.1) is 0 Å². The summed E-state index contributed by atoms with van der Waals surface area (Å²) in [4.78, 5) is 27.9. The molecule has 3 N–H and O–H groups in total. The quantitative estimate of drug-likeness (QED) is 0.688. The predicted molar refractivity (Wildman–Crippen MR) is 103 cm³/mol. The predicted octanol–water partition coefficient (Wildman–Crippen LogP) is 1.13. The topological polar surface area (TPSA) is 124 Å². The molecule has 10 heteroatoms. The number of carbonyl (C=O) groups is 1. The lowest BCUT2D eigenvalue weighted by atomic mass is 10.1. The summed E-state index contributed by atoms with van der Waals surface area (Å²) in [5.41, 5.74) is 9.11. The molecule has 0 radical (unpaired) electrons. The Morgan fingerprint density at radius 1 is 1.39 bits per heavy atom. The largest absolute Gasteiger partial charge is 0.473 e. The van der Waals surface area contributed by atoms with Crippen molar-refractivity contribution in [1.29, 1.82) is 0 Å². The van der Waals surface area contributed by atoms with Crippen LogP contribution in [0.4, 0.5) is 11.5 Å². The van der Waals surface area contributed by atoms with Crippen LogP contribution in [0.15, 0.2) is 18.7 Å². The van der Waals surface area contributed by atoms with Crippen LogP contribution in [0.3, 0.4) is 0 Å². The number of likely N-dealkylation sites (N-methyl/N-ethyl adjacent to an activating group) is 1. The average molecular weight is 382 g/mol. The van der Waals surface area contributed by atoms with Gasteiger partial charge in [-0.2, -0.15) is 4.98 Å². The standard InChI is InChI=1S/C18H22N8O2/c1-10(2)28-18-13(6-20-9-21-18)23-17(27)14-15(19)24-26-8-11-7-25(3)5-4-12(11)22-16(14)26/h6,8-10H,4-5,7H2,1-3H3,(H2,19,24)(H,23,27). The summed E-state index contributed by atoms with van der Waals surface area (Å²) in [7, 11) is 2.06. The molecule has 28 heavy (non-hydrogen) atoms. The zero-order valence-corrected chi connectivity index (χ0v) is 16.0. The second-order valence-corrected chi connectivity index (χ2v) is 7.09. The lowest BCUT2D eigenvalue weighted by Crippen LogP contribution is -2.28. The van der Waals surface area contributed by atoms with E-state index < -0.39 is 5.91 Å². The number of nitrogens with zero attached hydrogens (tertiary/aromatic N) is 6. The normalized spacial score (nSPS) is 14.3. The number of aromatic nitrogens is 5. The van der Waals surface area contributed by atoms with Gasteiger partial charge in [0.05, 0.1) is 18.0 Å². The Balaban J connectivity index is 1.70. The monoisotopic (exact) mass is 382 g/mol. The molecule has 0 atom stereocenters. The lowest BCUT2D eigenvalue weighted by molar-refractivity contribution is 0.102. The molecule has 10 nitrogen and oxygen atoms in total. The molecule has 1 aliphatic heterocycles. The van der Waals surface area contributed by atoms with Gasteiger partial charge >= 0.3 is 0 Å². The molecule has 1 aliphatic rings. The van der Waals surface area contributed by atoms with E-state index in [0.717, 1.165) is 30.8 Å². The van der Waals surface area contributed by atoms with Crippen molar-refractivity contribution in [2.24, 2.45) is 0 Å².